The number of carbonyl (C=O) groups excluding carboxylic acids is 2. The molecule has 0 aromatic heterocycles. The van der Waals surface area contributed by atoms with E-state index in [1.807, 2.05) is 19.1 Å². The van der Waals surface area contributed by atoms with Crippen molar-refractivity contribution in [2.24, 2.45) is 0 Å². The van der Waals surface area contributed by atoms with E-state index in [2.05, 4.69) is 17.9 Å². The third kappa shape index (κ3) is 5.54. The molecule has 0 N–H and O–H groups in total. The molecule has 0 spiro atoms. The number of allylic oxidation sites excluding steroid dienone is 2. The molecule has 1 aromatic carbocycles. The first kappa shape index (κ1) is 24.8. The predicted octanol–water partition coefficient (Wildman–Crippen LogP) is 3.48. The fourth-order valence-electron chi connectivity index (χ4n) is 4.15. The van der Waals surface area contributed by atoms with Gasteiger partial charge in [-0.05, 0) is 68.7 Å². The number of carbonyl (C=O) groups is 2. The zero-order valence-electron chi connectivity index (χ0n) is 18.4. The molecule has 2 aliphatic rings. The molecular formula is C23H28ClFN2O4S. The summed E-state index contributed by atoms with van der Waals surface area (Å²) in [6.45, 7) is 7.05. The Bertz CT molecular complexity index is 925. The number of nitrogens with zero attached hydrogens (tertiary/aromatic N) is 2. The zero-order chi connectivity index (χ0) is 23.4. The van der Waals surface area contributed by atoms with Crippen LogP contribution in [0.1, 0.15) is 37.6 Å². The smallest absolute Gasteiger partial charge is 0.356 e. The Kier molecular flexibility index (Phi) is 8.38. The van der Waals surface area contributed by atoms with Gasteiger partial charge in [0.05, 0.1) is 6.61 Å². The van der Waals surface area contributed by atoms with Gasteiger partial charge >= 0.3 is 5.97 Å². The average Bonchev–Trinajstić information content (AvgIpc) is 2.75. The maximum Gasteiger partial charge on any atom is 0.356 e. The monoisotopic (exact) mass is 482 g/mol. The number of piperazine rings is 1. The number of amides is 1. The highest BCUT2D eigenvalue weighted by Gasteiger charge is 2.37. The molecule has 1 fully saturated rings. The number of hydrogen-bond acceptors (Lipinski definition) is 5. The number of benzene rings is 1. The van der Waals surface area contributed by atoms with Gasteiger partial charge in [-0.2, -0.15) is 0 Å². The first-order valence-corrected chi connectivity index (χ1v) is 12.4. The second kappa shape index (κ2) is 10.8. The lowest BCUT2D eigenvalue weighted by Gasteiger charge is -2.47. The lowest BCUT2D eigenvalue weighted by molar-refractivity contribution is -0.139. The van der Waals surface area contributed by atoms with Gasteiger partial charge in [-0.15, -0.1) is 0 Å². The van der Waals surface area contributed by atoms with E-state index in [9.17, 15) is 18.5 Å². The van der Waals surface area contributed by atoms with Crippen LogP contribution in [0.2, 0.25) is 0 Å². The van der Waals surface area contributed by atoms with Gasteiger partial charge in [-0.1, -0.05) is 17.7 Å². The van der Waals surface area contributed by atoms with Crippen LogP contribution in [0, 0.1) is 5.82 Å². The highest BCUT2D eigenvalue weighted by molar-refractivity contribution is 7.92. The topological polar surface area (TPSA) is 72.9 Å². The zero-order valence-corrected chi connectivity index (χ0v) is 20.0. The number of rotatable bonds is 6. The SMILES string of the molecule is CCOC(=O)C[S+]([O-])c1ccc(C(=O)N2CCN([C@H]3C=C(Cl)C=CC3)C(C)C2C)cc1F. The van der Waals surface area contributed by atoms with Gasteiger partial charge in [0.2, 0.25) is 5.75 Å². The van der Waals surface area contributed by atoms with Crippen molar-refractivity contribution in [3.63, 3.8) is 0 Å². The maximum atomic E-state index is 14.6. The minimum atomic E-state index is -1.88. The summed E-state index contributed by atoms with van der Waals surface area (Å²) in [6, 6.07) is 4.05. The van der Waals surface area contributed by atoms with Crippen LogP contribution in [0.4, 0.5) is 4.39 Å². The molecule has 0 bridgehead atoms. The highest BCUT2D eigenvalue weighted by atomic mass is 35.5. The summed E-state index contributed by atoms with van der Waals surface area (Å²) >= 11 is 4.29. The first-order valence-electron chi connectivity index (χ1n) is 10.7. The molecular weight excluding hydrogens is 455 g/mol. The van der Waals surface area contributed by atoms with E-state index >= 15 is 0 Å². The minimum Gasteiger partial charge on any atom is -0.611 e. The summed E-state index contributed by atoms with van der Waals surface area (Å²) in [5, 5.41) is 0.718. The van der Waals surface area contributed by atoms with Gasteiger partial charge in [0, 0.05) is 41.8 Å². The molecule has 1 aromatic rings. The third-order valence-electron chi connectivity index (χ3n) is 5.98. The molecule has 0 saturated carbocycles. The standard InChI is InChI=1S/C23H28ClFN2O4S/c1-4-31-22(28)14-32(30)21-9-8-17(12-20(21)25)23(29)27-11-10-26(15(2)16(27)3)19-7-5-6-18(24)13-19/h5-6,8-9,12-13,15-16,19H,4,7,10-11,14H2,1-3H3/t15?,16?,19-,32?/m1/s1. The molecule has 3 rings (SSSR count). The summed E-state index contributed by atoms with van der Waals surface area (Å²) < 4.78 is 31.7. The van der Waals surface area contributed by atoms with Crippen molar-refractivity contribution in [2.45, 2.75) is 50.2 Å². The normalized spacial score (nSPS) is 24.8. The number of hydrogen-bond donors (Lipinski definition) is 0. The van der Waals surface area contributed by atoms with E-state index in [1.165, 1.54) is 12.1 Å². The van der Waals surface area contributed by atoms with Crippen molar-refractivity contribution >= 4 is 34.7 Å². The molecule has 1 aliphatic carbocycles. The Hall–Kier alpha value is -1.87. The van der Waals surface area contributed by atoms with E-state index in [4.69, 9.17) is 16.3 Å². The van der Waals surface area contributed by atoms with Crippen LogP contribution in [0.3, 0.4) is 0 Å². The summed E-state index contributed by atoms with van der Waals surface area (Å²) in [5.74, 6) is -2.13. The Balaban J connectivity index is 1.69. The largest absolute Gasteiger partial charge is 0.611 e. The lowest BCUT2D eigenvalue weighted by Crippen LogP contribution is -2.61. The van der Waals surface area contributed by atoms with Crippen molar-refractivity contribution in [3.8, 4) is 0 Å². The average molecular weight is 483 g/mol. The fourth-order valence-corrected chi connectivity index (χ4v) is 5.34. The second-order valence-electron chi connectivity index (χ2n) is 7.91. The maximum absolute atomic E-state index is 14.6. The van der Waals surface area contributed by atoms with Gasteiger partial charge in [-0.3, -0.25) is 9.69 Å². The van der Waals surface area contributed by atoms with Crippen LogP contribution in [-0.4, -0.2) is 69.8 Å². The van der Waals surface area contributed by atoms with Crippen LogP contribution < -0.4 is 0 Å². The van der Waals surface area contributed by atoms with E-state index in [0.29, 0.717) is 13.1 Å². The molecule has 6 nitrogen and oxygen atoms in total. The summed E-state index contributed by atoms with van der Waals surface area (Å²) in [4.78, 5) is 28.6. The van der Waals surface area contributed by atoms with Crippen LogP contribution in [-0.2, 0) is 20.7 Å². The Morgan fingerprint density at radius 2 is 2.03 bits per heavy atom. The molecule has 174 valence electrons. The summed E-state index contributed by atoms with van der Waals surface area (Å²) in [7, 11) is 0. The molecule has 1 amide bonds. The number of ether oxygens (including phenoxy) is 1. The van der Waals surface area contributed by atoms with Gasteiger partial charge in [0.15, 0.2) is 10.7 Å². The van der Waals surface area contributed by atoms with Gasteiger partial charge in [0.25, 0.3) is 5.91 Å². The van der Waals surface area contributed by atoms with Gasteiger partial charge in [-0.25, -0.2) is 9.18 Å². The molecule has 1 aliphatic heterocycles. The van der Waals surface area contributed by atoms with Gasteiger partial charge < -0.3 is 14.2 Å². The highest BCUT2D eigenvalue weighted by Crippen LogP contribution is 2.27. The van der Waals surface area contributed by atoms with Crippen LogP contribution in [0.25, 0.3) is 0 Å². The van der Waals surface area contributed by atoms with E-state index in [-0.39, 0.29) is 41.1 Å². The van der Waals surface area contributed by atoms with Crippen LogP contribution in [0.15, 0.2) is 46.4 Å². The van der Waals surface area contributed by atoms with Gasteiger partial charge in [0.1, 0.15) is 0 Å². The lowest BCUT2D eigenvalue weighted by atomic mass is 9.98. The minimum absolute atomic E-state index is 0.0879. The number of esters is 1. The second-order valence-corrected chi connectivity index (χ2v) is 9.77. The molecule has 9 heteroatoms. The van der Waals surface area contributed by atoms with Crippen molar-refractivity contribution in [1.29, 1.82) is 0 Å². The quantitative estimate of drug-likeness (QED) is 0.458. The fraction of sp³-hybridized carbons (Fsp3) is 0.478. The first-order chi connectivity index (χ1) is 15.2. The van der Waals surface area contributed by atoms with Crippen LogP contribution in [0.5, 0.6) is 0 Å². The Labute approximate surface area is 196 Å². The molecule has 32 heavy (non-hydrogen) atoms. The Morgan fingerprint density at radius 3 is 2.69 bits per heavy atom. The van der Waals surface area contributed by atoms with Crippen molar-refractivity contribution in [3.05, 3.63) is 52.8 Å². The predicted molar refractivity (Wildman–Crippen MR) is 122 cm³/mol. The summed E-state index contributed by atoms with van der Waals surface area (Å²) in [5.41, 5.74) is 0.190. The van der Waals surface area contributed by atoms with Crippen molar-refractivity contribution in [2.75, 3.05) is 25.4 Å². The Morgan fingerprint density at radius 1 is 1.28 bits per heavy atom. The molecule has 3 unspecified atom stereocenters. The molecule has 0 radical (unpaired) electrons. The molecule has 4 atom stereocenters. The number of halogens is 2. The van der Waals surface area contributed by atoms with E-state index in [1.54, 1.807) is 11.8 Å². The molecule has 1 saturated heterocycles. The van der Waals surface area contributed by atoms with E-state index in [0.717, 1.165) is 17.5 Å². The van der Waals surface area contributed by atoms with Crippen molar-refractivity contribution < 1.29 is 23.3 Å². The van der Waals surface area contributed by atoms with E-state index < -0.39 is 28.7 Å². The summed E-state index contributed by atoms with van der Waals surface area (Å²) in [6.07, 6.45) is 6.85. The molecule has 1 heterocycles. The third-order valence-corrected chi connectivity index (χ3v) is 7.55. The van der Waals surface area contributed by atoms with Crippen molar-refractivity contribution in [1.82, 2.24) is 9.80 Å². The van der Waals surface area contributed by atoms with Crippen LogP contribution >= 0.6 is 11.6 Å².